The van der Waals surface area contributed by atoms with Crippen LogP contribution in [0.25, 0.3) is 10.9 Å². The summed E-state index contributed by atoms with van der Waals surface area (Å²) < 4.78 is 35.5. The van der Waals surface area contributed by atoms with E-state index in [1.807, 2.05) is 37.3 Å². The van der Waals surface area contributed by atoms with Crippen LogP contribution in [0.2, 0.25) is 0 Å². The summed E-state index contributed by atoms with van der Waals surface area (Å²) in [6, 6.07) is 9.79. The van der Waals surface area contributed by atoms with Gasteiger partial charge in [-0.2, -0.15) is 8.42 Å². The summed E-state index contributed by atoms with van der Waals surface area (Å²) in [7, 11) is -3.41. The van der Waals surface area contributed by atoms with Crippen LogP contribution in [0.15, 0.2) is 30.3 Å². The topological polar surface area (TPSA) is 88.5 Å². The Labute approximate surface area is 139 Å². The number of pyridine rings is 1. The van der Waals surface area contributed by atoms with Gasteiger partial charge in [0.15, 0.2) is 0 Å². The fraction of sp³-hybridized carbons (Fsp3) is 0.400. The molecule has 8 heteroatoms. The highest BCUT2D eigenvalue weighted by atomic mass is 33.1. The molecule has 2 aromatic rings. The Morgan fingerprint density at radius 3 is 2.87 bits per heavy atom. The van der Waals surface area contributed by atoms with Crippen LogP contribution in [0.3, 0.4) is 0 Å². The lowest BCUT2D eigenvalue weighted by molar-refractivity contribution is 0.312. The minimum atomic E-state index is -3.94. The third kappa shape index (κ3) is 6.34. The number of rotatable bonds is 9. The molecule has 1 heterocycles. The van der Waals surface area contributed by atoms with Crippen LogP contribution in [-0.2, 0) is 9.15 Å². The van der Waals surface area contributed by atoms with Gasteiger partial charge in [0.05, 0.1) is 12.1 Å². The van der Waals surface area contributed by atoms with Crippen molar-refractivity contribution >= 4 is 30.8 Å². The Balaban J connectivity index is 1.73. The molecule has 126 valence electrons. The summed E-state index contributed by atoms with van der Waals surface area (Å²) in [6.07, 6.45) is 0.798. The summed E-state index contributed by atoms with van der Waals surface area (Å²) in [5.74, 6) is 1.14. The molecule has 0 amide bonds. The third-order valence-corrected chi connectivity index (χ3v) is 5.14. The molecule has 2 N–H and O–H groups in total. The summed E-state index contributed by atoms with van der Waals surface area (Å²) in [6.45, 7) is 3.73. The molecular formula is C15H20N2O4S2. The first-order valence-electron chi connectivity index (χ1n) is 7.27. The van der Waals surface area contributed by atoms with E-state index in [1.165, 1.54) is 0 Å². The number of aromatic nitrogens is 1. The van der Waals surface area contributed by atoms with Crippen molar-refractivity contribution in [3.63, 3.8) is 0 Å². The average molecular weight is 356 g/mol. The number of ether oxygens (including phenoxy) is 1. The molecule has 0 fully saturated rings. The van der Waals surface area contributed by atoms with Crippen LogP contribution >= 0.6 is 10.8 Å². The highest BCUT2D eigenvalue weighted by Crippen LogP contribution is 2.25. The SMILES string of the molecule is Cc1cc(OCCCNCCSS(=O)(=O)O)c2ccccc2n1. The van der Waals surface area contributed by atoms with Crippen molar-refractivity contribution in [1.82, 2.24) is 10.3 Å². The molecule has 0 radical (unpaired) electrons. The molecule has 0 saturated heterocycles. The molecule has 0 unspecified atom stereocenters. The number of fused-ring (bicyclic) bond motifs is 1. The second-order valence-corrected chi connectivity index (χ2v) is 8.45. The third-order valence-electron chi connectivity index (χ3n) is 3.07. The number of hydrogen-bond donors (Lipinski definition) is 2. The largest absolute Gasteiger partial charge is 0.493 e. The second kappa shape index (κ2) is 8.49. The van der Waals surface area contributed by atoms with E-state index in [1.54, 1.807) is 0 Å². The zero-order chi connectivity index (χ0) is 16.7. The number of benzene rings is 1. The maximum atomic E-state index is 10.5. The number of nitrogens with one attached hydrogen (secondary N) is 1. The van der Waals surface area contributed by atoms with Crippen molar-refractivity contribution in [1.29, 1.82) is 0 Å². The van der Waals surface area contributed by atoms with E-state index < -0.39 is 9.15 Å². The standard InChI is InChI=1S/C15H20N2O4S2/c1-12-11-15(13-5-2-3-6-14(13)17-12)21-9-4-7-16-8-10-22-23(18,19)20/h2-3,5-6,11,16H,4,7-10H2,1H3,(H,18,19,20). The Morgan fingerprint density at radius 1 is 1.30 bits per heavy atom. The van der Waals surface area contributed by atoms with Gasteiger partial charge in [0.25, 0.3) is 0 Å². The van der Waals surface area contributed by atoms with E-state index >= 15 is 0 Å². The molecule has 0 aliphatic rings. The molecule has 0 saturated carbocycles. The molecule has 1 aromatic heterocycles. The van der Waals surface area contributed by atoms with E-state index in [4.69, 9.17) is 9.29 Å². The second-order valence-electron chi connectivity index (χ2n) is 4.98. The van der Waals surface area contributed by atoms with E-state index in [0.29, 0.717) is 36.2 Å². The molecule has 2 rings (SSSR count). The number of para-hydroxylation sites is 1. The van der Waals surface area contributed by atoms with Gasteiger partial charge in [-0.15, -0.1) is 0 Å². The minimum absolute atomic E-state index is 0.313. The fourth-order valence-electron chi connectivity index (χ4n) is 2.11. The first-order chi connectivity index (χ1) is 11.0. The molecule has 0 atom stereocenters. The van der Waals surface area contributed by atoms with E-state index in [2.05, 4.69) is 10.3 Å². The Morgan fingerprint density at radius 2 is 2.09 bits per heavy atom. The maximum Gasteiger partial charge on any atom is 0.319 e. The number of nitrogens with zero attached hydrogens (tertiary/aromatic N) is 1. The van der Waals surface area contributed by atoms with Gasteiger partial charge in [0.2, 0.25) is 0 Å². The highest BCUT2D eigenvalue weighted by molar-refractivity contribution is 8.69. The lowest BCUT2D eigenvalue weighted by Crippen LogP contribution is -2.20. The number of aryl methyl sites for hydroxylation is 1. The van der Waals surface area contributed by atoms with Crippen molar-refractivity contribution in [2.45, 2.75) is 13.3 Å². The highest BCUT2D eigenvalue weighted by Gasteiger charge is 2.05. The summed E-state index contributed by atoms with van der Waals surface area (Å²) >= 11 is 0. The first kappa shape index (κ1) is 18.0. The summed E-state index contributed by atoms with van der Waals surface area (Å²) in [4.78, 5) is 4.47. The van der Waals surface area contributed by atoms with Gasteiger partial charge in [0, 0.05) is 29.4 Å². The maximum absolute atomic E-state index is 10.5. The monoisotopic (exact) mass is 356 g/mol. The van der Waals surface area contributed by atoms with Gasteiger partial charge < -0.3 is 10.1 Å². The number of hydrogen-bond acceptors (Lipinski definition) is 6. The van der Waals surface area contributed by atoms with Gasteiger partial charge in [-0.3, -0.25) is 9.54 Å². The Bertz CT molecular complexity index is 750. The Hall–Kier alpha value is -1.35. The van der Waals surface area contributed by atoms with E-state index in [9.17, 15) is 8.42 Å². The van der Waals surface area contributed by atoms with Crippen molar-refractivity contribution in [3.05, 3.63) is 36.0 Å². The fourth-order valence-corrected chi connectivity index (χ4v) is 3.43. The van der Waals surface area contributed by atoms with Crippen LogP contribution in [0.1, 0.15) is 12.1 Å². The summed E-state index contributed by atoms with van der Waals surface area (Å²) in [5, 5.41) is 4.10. The molecule has 23 heavy (non-hydrogen) atoms. The van der Waals surface area contributed by atoms with Crippen LogP contribution in [0.4, 0.5) is 0 Å². The van der Waals surface area contributed by atoms with Gasteiger partial charge in [-0.25, -0.2) is 0 Å². The van der Waals surface area contributed by atoms with Gasteiger partial charge in [-0.1, -0.05) is 12.1 Å². The molecule has 0 bridgehead atoms. The molecule has 0 aliphatic heterocycles. The molecule has 0 spiro atoms. The Kier molecular flexibility index (Phi) is 6.64. The lowest BCUT2D eigenvalue weighted by Gasteiger charge is -2.10. The van der Waals surface area contributed by atoms with Crippen LogP contribution in [-0.4, -0.2) is 43.4 Å². The van der Waals surface area contributed by atoms with Crippen molar-refractivity contribution < 1.29 is 17.7 Å². The zero-order valence-corrected chi connectivity index (χ0v) is 14.5. The first-order valence-corrected chi connectivity index (χ1v) is 10.2. The van der Waals surface area contributed by atoms with E-state index in [0.717, 1.165) is 28.8 Å². The van der Waals surface area contributed by atoms with Crippen LogP contribution in [0.5, 0.6) is 5.75 Å². The minimum Gasteiger partial charge on any atom is -0.493 e. The van der Waals surface area contributed by atoms with Crippen LogP contribution < -0.4 is 10.1 Å². The summed E-state index contributed by atoms with van der Waals surface area (Å²) in [5.41, 5.74) is 1.84. The molecule has 6 nitrogen and oxygen atoms in total. The lowest BCUT2D eigenvalue weighted by atomic mass is 10.2. The smallest absolute Gasteiger partial charge is 0.319 e. The van der Waals surface area contributed by atoms with Crippen molar-refractivity contribution in [2.24, 2.45) is 0 Å². The quantitative estimate of drug-likeness (QED) is 0.405. The average Bonchev–Trinajstić information content (AvgIpc) is 2.48. The molecule has 1 aromatic carbocycles. The predicted octanol–water partition coefficient (Wildman–Crippen LogP) is 2.44. The van der Waals surface area contributed by atoms with E-state index in [-0.39, 0.29) is 0 Å². The normalized spacial score (nSPS) is 11.7. The zero-order valence-electron chi connectivity index (χ0n) is 12.9. The van der Waals surface area contributed by atoms with Crippen molar-refractivity contribution in [2.75, 3.05) is 25.4 Å². The van der Waals surface area contributed by atoms with Gasteiger partial charge in [-0.05, 0) is 42.8 Å². The van der Waals surface area contributed by atoms with Gasteiger partial charge >= 0.3 is 9.15 Å². The van der Waals surface area contributed by atoms with Crippen LogP contribution in [0, 0.1) is 6.92 Å². The molecule has 0 aliphatic carbocycles. The van der Waals surface area contributed by atoms with Crippen molar-refractivity contribution in [3.8, 4) is 5.75 Å². The molecular weight excluding hydrogens is 336 g/mol. The van der Waals surface area contributed by atoms with Gasteiger partial charge in [0.1, 0.15) is 5.75 Å². The predicted molar refractivity (Wildman–Crippen MR) is 93.5 cm³/mol.